The van der Waals surface area contributed by atoms with Crippen molar-refractivity contribution in [1.29, 1.82) is 0 Å². The van der Waals surface area contributed by atoms with Crippen LogP contribution in [0.2, 0.25) is 0 Å². The maximum absolute atomic E-state index is 12.2. The molecule has 0 radical (unpaired) electrons. The van der Waals surface area contributed by atoms with Crippen molar-refractivity contribution in [2.24, 2.45) is 0 Å². The third kappa shape index (κ3) is 7.20. The number of hydrogen-bond donors (Lipinski definition) is 0. The zero-order valence-electron chi connectivity index (χ0n) is 11.6. The van der Waals surface area contributed by atoms with Gasteiger partial charge in [-0.2, -0.15) is 16.8 Å². The molecule has 134 valence electrons. The molecule has 0 saturated heterocycles. The number of rotatable bonds is 13. The van der Waals surface area contributed by atoms with Crippen LogP contribution in [0.5, 0.6) is 0 Å². The summed E-state index contributed by atoms with van der Waals surface area (Å²) in [6.07, 6.45) is 0.0198. The average Bonchev–Trinajstić information content (AvgIpc) is 2.44. The minimum atomic E-state index is -4.37. The SMILES string of the molecule is O=S(=O)(OCCCCOS(=O)(=O)C(CF)CF)C(CF)CF. The van der Waals surface area contributed by atoms with Crippen molar-refractivity contribution < 1.29 is 42.8 Å². The smallest absolute Gasteiger partial charge is 0.270 e. The van der Waals surface area contributed by atoms with Crippen LogP contribution in [-0.4, -0.2) is 67.2 Å². The van der Waals surface area contributed by atoms with Gasteiger partial charge >= 0.3 is 0 Å². The molecule has 0 unspecified atom stereocenters. The first-order chi connectivity index (χ1) is 10.2. The van der Waals surface area contributed by atoms with Gasteiger partial charge in [0.25, 0.3) is 20.2 Å². The molecule has 0 saturated carbocycles. The van der Waals surface area contributed by atoms with E-state index in [-0.39, 0.29) is 12.8 Å². The van der Waals surface area contributed by atoms with Crippen LogP contribution in [0.4, 0.5) is 17.6 Å². The van der Waals surface area contributed by atoms with E-state index in [1.807, 2.05) is 0 Å². The van der Waals surface area contributed by atoms with E-state index in [1.165, 1.54) is 0 Å². The molecule has 6 nitrogen and oxygen atoms in total. The summed E-state index contributed by atoms with van der Waals surface area (Å²) >= 11 is 0. The van der Waals surface area contributed by atoms with Gasteiger partial charge in [0.2, 0.25) is 0 Å². The van der Waals surface area contributed by atoms with Gasteiger partial charge in [-0.15, -0.1) is 0 Å². The molecule has 0 bridgehead atoms. The van der Waals surface area contributed by atoms with E-state index in [1.54, 1.807) is 0 Å². The quantitative estimate of drug-likeness (QED) is 0.272. The van der Waals surface area contributed by atoms with Gasteiger partial charge < -0.3 is 0 Å². The lowest BCUT2D eigenvalue weighted by atomic mass is 10.3. The zero-order chi connectivity index (χ0) is 17.2. The summed E-state index contributed by atoms with van der Waals surface area (Å²) in [7, 11) is -8.74. The Morgan fingerprint density at radius 3 is 1.14 bits per heavy atom. The standard InChI is InChI=1S/C10H18F4O6S2/c11-5-9(6-12)21(15,16)19-3-1-2-4-20-22(17,18)10(7-13)8-14/h9-10H,1-8H2. The molecule has 0 rings (SSSR count). The van der Waals surface area contributed by atoms with Gasteiger partial charge in [-0.05, 0) is 12.8 Å². The summed E-state index contributed by atoms with van der Waals surface area (Å²) in [6.45, 7) is -6.53. The molecule has 0 fully saturated rings. The maximum atomic E-state index is 12.2. The first kappa shape index (κ1) is 21.5. The number of hydrogen-bond acceptors (Lipinski definition) is 6. The summed E-state index contributed by atoms with van der Waals surface area (Å²) < 4.78 is 103. The molecule has 22 heavy (non-hydrogen) atoms. The molecule has 0 N–H and O–H groups in total. The fourth-order valence-corrected chi connectivity index (χ4v) is 2.84. The van der Waals surface area contributed by atoms with Gasteiger partial charge in [0.1, 0.15) is 37.2 Å². The van der Waals surface area contributed by atoms with Crippen molar-refractivity contribution in [2.45, 2.75) is 23.3 Å². The fourth-order valence-electron chi connectivity index (χ4n) is 1.14. The van der Waals surface area contributed by atoms with Crippen molar-refractivity contribution in [3.63, 3.8) is 0 Å². The number of unbranched alkanes of at least 4 members (excludes halogenated alkanes) is 1. The molecular weight excluding hydrogens is 356 g/mol. The topological polar surface area (TPSA) is 86.7 Å². The minimum absolute atomic E-state index is 0.00988. The van der Waals surface area contributed by atoms with E-state index in [4.69, 9.17) is 0 Å². The van der Waals surface area contributed by atoms with E-state index < -0.39 is 70.6 Å². The fraction of sp³-hybridized carbons (Fsp3) is 1.00. The highest BCUT2D eigenvalue weighted by Gasteiger charge is 2.27. The van der Waals surface area contributed by atoms with Gasteiger partial charge in [0.15, 0.2) is 0 Å². The molecule has 0 amide bonds. The zero-order valence-corrected chi connectivity index (χ0v) is 13.2. The predicted octanol–water partition coefficient (Wildman–Crippen LogP) is 1.07. The molecule has 0 heterocycles. The highest BCUT2D eigenvalue weighted by atomic mass is 32.2. The van der Waals surface area contributed by atoms with Crippen LogP contribution in [0.1, 0.15) is 12.8 Å². The molecule has 0 aromatic carbocycles. The van der Waals surface area contributed by atoms with E-state index in [9.17, 15) is 34.4 Å². The van der Waals surface area contributed by atoms with Crippen molar-refractivity contribution in [2.75, 3.05) is 39.9 Å². The van der Waals surface area contributed by atoms with E-state index in [0.717, 1.165) is 0 Å². The molecule has 12 heteroatoms. The van der Waals surface area contributed by atoms with Crippen LogP contribution >= 0.6 is 0 Å². The molecule has 0 spiro atoms. The summed E-state index contributed by atoms with van der Waals surface area (Å²) in [5.74, 6) is 0. The van der Waals surface area contributed by atoms with Crippen LogP contribution in [0.25, 0.3) is 0 Å². The molecule has 0 atom stereocenters. The van der Waals surface area contributed by atoms with Crippen LogP contribution in [0, 0.1) is 0 Å². The van der Waals surface area contributed by atoms with Crippen molar-refractivity contribution in [1.82, 2.24) is 0 Å². The van der Waals surface area contributed by atoms with Crippen molar-refractivity contribution in [3.05, 3.63) is 0 Å². The maximum Gasteiger partial charge on any atom is 0.275 e. The number of halogens is 4. The highest BCUT2D eigenvalue weighted by Crippen LogP contribution is 2.10. The second-order valence-corrected chi connectivity index (χ2v) is 7.97. The predicted molar refractivity (Wildman–Crippen MR) is 70.5 cm³/mol. The van der Waals surface area contributed by atoms with Gasteiger partial charge in [0, 0.05) is 0 Å². The third-order valence-corrected chi connectivity index (χ3v) is 5.67. The highest BCUT2D eigenvalue weighted by molar-refractivity contribution is 7.87. The van der Waals surface area contributed by atoms with E-state index >= 15 is 0 Å². The Kier molecular flexibility index (Phi) is 10.1. The average molecular weight is 374 g/mol. The van der Waals surface area contributed by atoms with Gasteiger partial charge in [-0.25, -0.2) is 17.6 Å². The first-order valence-corrected chi connectivity index (χ1v) is 9.19. The van der Waals surface area contributed by atoms with Crippen molar-refractivity contribution >= 4 is 20.2 Å². The Bertz CT molecular complexity index is 442. The van der Waals surface area contributed by atoms with Crippen LogP contribution < -0.4 is 0 Å². The lowest BCUT2D eigenvalue weighted by molar-refractivity contribution is 0.256. The molecule has 0 aliphatic rings. The summed E-state index contributed by atoms with van der Waals surface area (Å²) in [5, 5.41) is -3.78. The molecule has 0 aromatic rings. The van der Waals surface area contributed by atoms with Crippen molar-refractivity contribution in [3.8, 4) is 0 Å². The second-order valence-electron chi connectivity index (χ2n) is 4.20. The summed E-state index contributed by atoms with van der Waals surface area (Å²) in [4.78, 5) is 0. The summed E-state index contributed by atoms with van der Waals surface area (Å²) in [5.41, 5.74) is 0. The molecule has 0 aromatic heterocycles. The van der Waals surface area contributed by atoms with E-state index in [0.29, 0.717) is 0 Å². The number of alkyl halides is 4. The van der Waals surface area contributed by atoms with Crippen LogP contribution in [0.3, 0.4) is 0 Å². The Labute approximate surface area is 127 Å². The summed E-state index contributed by atoms with van der Waals surface area (Å²) in [6, 6.07) is 0. The van der Waals surface area contributed by atoms with Crippen LogP contribution in [0.15, 0.2) is 0 Å². The largest absolute Gasteiger partial charge is 0.275 e. The minimum Gasteiger partial charge on any atom is -0.270 e. The third-order valence-electron chi connectivity index (χ3n) is 2.54. The second kappa shape index (κ2) is 10.3. The van der Waals surface area contributed by atoms with E-state index in [2.05, 4.69) is 8.37 Å². The molecular formula is C10H18F4O6S2. The van der Waals surface area contributed by atoms with Gasteiger partial charge in [-0.3, -0.25) is 8.37 Å². The Balaban J connectivity index is 4.06. The normalized spacial score (nSPS) is 13.2. The Morgan fingerprint density at radius 1 is 0.636 bits per heavy atom. The lowest BCUT2D eigenvalue weighted by Gasteiger charge is -2.12. The molecule has 0 aliphatic carbocycles. The lowest BCUT2D eigenvalue weighted by Crippen LogP contribution is -2.28. The monoisotopic (exact) mass is 374 g/mol. The molecule has 0 aliphatic heterocycles. The van der Waals surface area contributed by atoms with Gasteiger partial charge in [-0.1, -0.05) is 0 Å². The van der Waals surface area contributed by atoms with Crippen LogP contribution in [-0.2, 0) is 28.6 Å². The Hall–Kier alpha value is -0.460. The Morgan fingerprint density at radius 2 is 0.909 bits per heavy atom. The first-order valence-electron chi connectivity index (χ1n) is 6.25. The van der Waals surface area contributed by atoms with Gasteiger partial charge in [0.05, 0.1) is 13.2 Å².